The first kappa shape index (κ1) is 12.2. The van der Waals surface area contributed by atoms with Crippen molar-refractivity contribution in [3.8, 4) is 11.5 Å². The van der Waals surface area contributed by atoms with E-state index in [1.807, 2.05) is 48.7 Å². The Morgan fingerprint density at radius 2 is 1.79 bits per heavy atom. The zero-order chi connectivity index (χ0) is 13.1. The normalized spacial score (nSPS) is 13.7. The first-order valence-electron chi connectivity index (χ1n) is 6.01. The van der Waals surface area contributed by atoms with Crippen molar-refractivity contribution in [1.82, 2.24) is 0 Å². The third-order valence-electron chi connectivity index (χ3n) is 2.78. The summed E-state index contributed by atoms with van der Waals surface area (Å²) >= 11 is 3.49. The average Bonchev–Trinajstić information content (AvgIpc) is 2.46. The maximum atomic E-state index is 5.53. The molecular weight excluding hydrogens is 306 g/mol. The predicted octanol–water partition coefficient (Wildman–Crippen LogP) is 3.97. The maximum Gasteiger partial charge on any atom is 0.163 e. The number of hydrogen-bond donors (Lipinski definition) is 0. The molecule has 4 heteroatoms. The van der Waals surface area contributed by atoms with E-state index in [1.165, 1.54) is 0 Å². The number of fused-ring (bicyclic) bond motifs is 1. The van der Waals surface area contributed by atoms with Gasteiger partial charge in [-0.3, -0.25) is 4.99 Å². The van der Waals surface area contributed by atoms with Gasteiger partial charge in [0, 0.05) is 22.3 Å². The minimum Gasteiger partial charge on any atom is -0.486 e. The quantitative estimate of drug-likeness (QED) is 0.785. The van der Waals surface area contributed by atoms with Gasteiger partial charge in [0.15, 0.2) is 11.5 Å². The van der Waals surface area contributed by atoms with Crippen LogP contribution in [0.15, 0.2) is 51.9 Å². The van der Waals surface area contributed by atoms with Crippen molar-refractivity contribution in [2.24, 2.45) is 4.99 Å². The number of halogens is 1. The highest BCUT2D eigenvalue weighted by atomic mass is 79.9. The Hall–Kier alpha value is -1.81. The standard InChI is InChI=1S/C15H12BrNO2/c16-13-4-2-1-3-11(13)10-17-12-5-6-14-15(9-12)19-8-7-18-14/h1-6,9-10H,7-8H2. The summed E-state index contributed by atoms with van der Waals surface area (Å²) in [6, 6.07) is 13.7. The predicted molar refractivity (Wildman–Crippen MR) is 78.8 cm³/mol. The molecule has 0 unspecified atom stereocenters. The minimum atomic E-state index is 0.588. The van der Waals surface area contributed by atoms with E-state index in [4.69, 9.17) is 9.47 Å². The van der Waals surface area contributed by atoms with Gasteiger partial charge in [-0.25, -0.2) is 0 Å². The van der Waals surface area contributed by atoms with Gasteiger partial charge in [0.1, 0.15) is 13.2 Å². The number of aliphatic imine (C=N–C) groups is 1. The Balaban J connectivity index is 1.85. The molecule has 0 bridgehead atoms. The minimum absolute atomic E-state index is 0.588. The van der Waals surface area contributed by atoms with E-state index >= 15 is 0 Å². The van der Waals surface area contributed by atoms with Gasteiger partial charge in [-0.15, -0.1) is 0 Å². The highest BCUT2D eigenvalue weighted by molar-refractivity contribution is 9.10. The van der Waals surface area contributed by atoms with Crippen molar-refractivity contribution in [3.63, 3.8) is 0 Å². The molecule has 0 spiro atoms. The van der Waals surface area contributed by atoms with Crippen molar-refractivity contribution in [1.29, 1.82) is 0 Å². The number of nitrogens with zero attached hydrogens (tertiary/aromatic N) is 1. The first-order chi connectivity index (χ1) is 9.33. The van der Waals surface area contributed by atoms with E-state index < -0.39 is 0 Å². The van der Waals surface area contributed by atoms with Crippen LogP contribution in [0.25, 0.3) is 0 Å². The molecule has 3 rings (SSSR count). The van der Waals surface area contributed by atoms with E-state index in [9.17, 15) is 0 Å². The molecule has 2 aromatic rings. The molecule has 0 saturated carbocycles. The van der Waals surface area contributed by atoms with Crippen LogP contribution in [0.3, 0.4) is 0 Å². The Kier molecular flexibility index (Phi) is 3.51. The third kappa shape index (κ3) is 2.79. The monoisotopic (exact) mass is 317 g/mol. The Morgan fingerprint density at radius 3 is 2.63 bits per heavy atom. The summed E-state index contributed by atoms with van der Waals surface area (Å²) in [4.78, 5) is 4.45. The molecule has 3 nitrogen and oxygen atoms in total. The van der Waals surface area contributed by atoms with Crippen LogP contribution in [0.5, 0.6) is 11.5 Å². The molecule has 2 aromatic carbocycles. The van der Waals surface area contributed by atoms with Crippen LogP contribution in [-0.4, -0.2) is 19.4 Å². The second-order valence-corrected chi connectivity index (χ2v) is 4.96. The fourth-order valence-corrected chi connectivity index (χ4v) is 2.22. The molecule has 1 aliphatic heterocycles. The number of hydrogen-bond acceptors (Lipinski definition) is 3. The van der Waals surface area contributed by atoms with Crippen LogP contribution in [-0.2, 0) is 0 Å². The largest absolute Gasteiger partial charge is 0.486 e. The van der Waals surface area contributed by atoms with Gasteiger partial charge in [-0.2, -0.15) is 0 Å². The van der Waals surface area contributed by atoms with Crippen LogP contribution >= 0.6 is 15.9 Å². The van der Waals surface area contributed by atoms with Gasteiger partial charge < -0.3 is 9.47 Å². The molecule has 0 radical (unpaired) electrons. The van der Waals surface area contributed by atoms with E-state index in [1.54, 1.807) is 0 Å². The van der Waals surface area contributed by atoms with Gasteiger partial charge >= 0.3 is 0 Å². The maximum absolute atomic E-state index is 5.53. The fraction of sp³-hybridized carbons (Fsp3) is 0.133. The highest BCUT2D eigenvalue weighted by Gasteiger charge is 2.11. The van der Waals surface area contributed by atoms with Crippen molar-refractivity contribution in [2.45, 2.75) is 0 Å². The van der Waals surface area contributed by atoms with Gasteiger partial charge in [-0.1, -0.05) is 34.1 Å². The molecule has 0 aliphatic carbocycles. The molecule has 96 valence electrons. The molecule has 0 fully saturated rings. The van der Waals surface area contributed by atoms with Crippen LogP contribution in [0.4, 0.5) is 5.69 Å². The van der Waals surface area contributed by atoms with Crippen LogP contribution in [0.1, 0.15) is 5.56 Å². The van der Waals surface area contributed by atoms with Crippen LogP contribution in [0.2, 0.25) is 0 Å². The molecule has 0 atom stereocenters. The SMILES string of the molecule is Brc1ccccc1C=Nc1ccc2c(c1)OCCO2. The Labute approximate surface area is 120 Å². The second kappa shape index (κ2) is 5.45. The lowest BCUT2D eigenvalue weighted by atomic mass is 10.2. The summed E-state index contributed by atoms with van der Waals surface area (Å²) < 4.78 is 12.0. The van der Waals surface area contributed by atoms with Gasteiger partial charge in [0.05, 0.1) is 5.69 Å². The summed E-state index contributed by atoms with van der Waals surface area (Å²) in [5.74, 6) is 1.54. The molecule has 0 amide bonds. The van der Waals surface area contributed by atoms with E-state index in [-0.39, 0.29) is 0 Å². The van der Waals surface area contributed by atoms with Gasteiger partial charge in [0.25, 0.3) is 0 Å². The van der Waals surface area contributed by atoms with Crippen LogP contribution in [0, 0.1) is 0 Å². The van der Waals surface area contributed by atoms with Crippen molar-refractivity contribution in [2.75, 3.05) is 13.2 Å². The highest BCUT2D eigenvalue weighted by Crippen LogP contribution is 2.33. The summed E-state index contributed by atoms with van der Waals surface area (Å²) in [5.41, 5.74) is 1.89. The molecule has 0 aromatic heterocycles. The second-order valence-electron chi connectivity index (χ2n) is 4.11. The molecule has 1 heterocycles. The topological polar surface area (TPSA) is 30.8 Å². The lowest BCUT2D eigenvalue weighted by Crippen LogP contribution is -2.14. The number of ether oxygens (including phenoxy) is 2. The molecule has 0 saturated heterocycles. The van der Waals surface area contributed by atoms with Crippen molar-refractivity contribution in [3.05, 3.63) is 52.5 Å². The van der Waals surface area contributed by atoms with Gasteiger partial charge in [0.2, 0.25) is 0 Å². The summed E-state index contributed by atoms with van der Waals surface area (Å²) in [6.45, 7) is 1.19. The lowest BCUT2D eigenvalue weighted by molar-refractivity contribution is 0.171. The zero-order valence-corrected chi connectivity index (χ0v) is 11.8. The van der Waals surface area contributed by atoms with Crippen LogP contribution < -0.4 is 9.47 Å². The summed E-state index contributed by atoms with van der Waals surface area (Å²) in [5, 5.41) is 0. The van der Waals surface area contributed by atoms with Gasteiger partial charge in [-0.05, 0) is 18.2 Å². The summed E-state index contributed by atoms with van der Waals surface area (Å²) in [7, 11) is 0. The van der Waals surface area contributed by atoms with E-state index in [2.05, 4.69) is 20.9 Å². The zero-order valence-electron chi connectivity index (χ0n) is 10.2. The first-order valence-corrected chi connectivity index (χ1v) is 6.80. The fourth-order valence-electron chi connectivity index (χ4n) is 1.84. The summed E-state index contributed by atoms with van der Waals surface area (Å²) in [6.07, 6.45) is 1.83. The van der Waals surface area contributed by atoms with E-state index in [0.29, 0.717) is 13.2 Å². The molecule has 19 heavy (non-hydrogen) atoms. The van der Waals surface area contributed by atoms with Crippen molar-refractivity contribution < 1.29 is 9.47 Å². The Morgan fingerprint density at radius 1 is 1.00 bits per heavy atom. The average molecular weight is 318 g/mol. The van der Waals surface area contributed by atoms with E-state index in [0.717, 1.165) is 27.2 Å². The Bertz CT molecular complexity index is 625. The number of benzene rings is 2. The lowest BCUT2D eigenvalue weighted by Gasteiger charge is -2.18. The third-order valence-corrected chi connectivity index (χ3v) is 3.51. The molecule has 0 N–H and O–H groups in total. The number of rotatable bonds is 2. The van der Waals surface area contributed by atoms with Crippen molar-refractivity contribution >= 4 is 27.8 Å². The molecule has 1 aliphatic rings. The molecular formula is C15H12BrNO2. The smallest absolute Gasteiger partial charge is 0.163 e.